The minimum atomic E-state index is -1.44. The van der Waals surface area contributed by atoms with Crippen LogP contribution >= 0.6 is 0 Å². The quantitative estimate of drug-likeness (QED) is 0.506. The van der Waals surface area contributed by atoms with Gasteiger partial charge in [0.05, 0.1) is 17.2 Å². The predicted octanol–water partition coefficient (Wildman–Crippen LogP) is 5.39. The molecule has 1 saturated carbocycles. The van der Waals surface area contributed by atoms with E-state index in [4.69, 9.17) is 0 Å². The van der Waals surface area contributed by atoms with E-state index in [1.165, 1.54) is 0 Å². The Bertz CT molecular complexity index is 1310. The van der Waals surface area contributed by atoms with Crippen molar-refractivity contribution in [1.29, 1.82) is 0 Å². The van der Waals surface area contributed by atoms with E-state index in [1.807, 2.05) is 50.2 Å². The van der Waals surface area contributed by atoms with Gasteiger partial charge in [-0.2, -0.15) is 0 Å². The van der Waals surface area contributed by atoms with Gasteiger partial charge in [-0.05, 0) is 50.8 Å². The third kappa shape index (κ3) is 4.00. The summed E-state index contributed by atoms with van der Waals surface area (Å²) >= 11 is 0. The molecule has 2 aliphatic rings. The molecular formula is C30H29NO4. The van der Waals surface area contributed by atoms with Crippen LogP contribution in [0.1, 0.15) is 63.1 Å². The summed E-state index contributed by atoms with van der Waals surface area (Å²) in [7, 11) is 0. The van der Waals surface area contributed by atoms with E-state index < -0.39 is 16.9 Å². The van der Waals surface area contributed by atoms with Crippen LogP contribution in [0.25, 0.3) is 0 Å². The molecule has 5 heteroatoms. The second kappa shape index (κ2) is 8.58. The average molecular weight is 468 g/mol. The molecule has 0 saturated heterocycles. The van der Waals surface area contributed by atoms with E-state index in [9.17, 15) is 19.5 Å². The Labute approximate surface area is 205 Å². The molecule has 1 spiro atoms. The van der Waals surface area contributed by atoms with Gasteiger partial charge < -0.3 is 10.4 Å². The monoisotopic (exact) mass is 467 g/mol. The molecule has 1 aliphatic heterocycles. The molecule has 178 valence electrons. The van der Waals surface area contributed by atoms with E-state index in [1.54, 1.807) is 36.4 Å². The number of fused-ring (bicyclic) bond motifs is 1. The number of aliphatic hydroxyl groups is 1. The molecule has 1 fully saturated rings. The molecule has 0 radical (unpaired) electrons. The largest absolute Gasteiger partial charge is 0.384 e. The lowest BCUT2D eigenvalue weighted by atomic mass is 9.56. The number of Topliss-reactive ketones (excluding diaryl/α,β-unsaturated/α-hetero) is 2. The fraction of sp³-hybridized carbons (Fsp3) is 0.300. The van der Waals surface area contributed by atoms with Crippen LogP contribution in [0.3, 0.4) is 0 Å². The number of hydrogen-bond donors (Lipinski definition) is 2. The zero-order chi connectivity index (χ0) is 24.8. The summed E-state index contributed by atoms with van der Waals surface area (Å²) in [4.78, 5) is 40.8. The molecule has 1 aliphatic carbocycles. The van der Waals surface area contributed by atoms with Crippen molar-refractivity contribution in [3.8, 4) is 0 Å². The Morgan fingerprint density at radius 1 is 0.886 bits per heavy atom. The molecule has 3 aromatic rings. The summed E-state index contributed by atoms with van der Waals surface area (Å²) in [5.74, 6) is -1.47. The lowest BCUT2D eigenvalue weighted by Crippen LogP contribution is -2.51. The minimum absolute atomic E-state index is 0.0117. The van der Waals surface area contributed by atoms with Crippen molar-refractivity contribution >= 4 is 23.2 Å². The van der Waals surface area contributed by atoms with Crippen LogP contribution in [-0.4, -0.2) is 22.6 Å². The third-order valence-electron chi connectivity index (χ3n) is 7.79. The summed E-state index contributed by atoms with van der Waals surface area (Å²) in [5.41, 5.74) is 1.70. The SMILES string of the molecule is Cc1ccc(C(=O)[C@H]2C[C@@]3(CC[C@]2(O)c2ccc(C)cc2)CC(=O)Nc2ccccc2C3=O)cc1. The number of benzene rings is 3. The van der Waals surface area contributed by atoms with Crippen molar-refractivity contribution in [2.24, 2.45) is 11.3 Å². The summed E-state index contributed by atoms with van der Waals surface area (Å²) in [5, 5.41) is 14.9. The summed E-state index contributed by atoms with van der Waals surface area (Å²) < 4.78 is 0. The number of ketones is 2. The van der Waals surface area contributed by atoms with Crippen molar-refractivity contribution in [1.82, 2.24) is 0 Å². The van der Waals surface area contributed by atoms with E-state index in [-0.39, 0.29) is 36.7 Å². The Morgan fingerprint density at radius 3 is 2.20 bits per heavy atom. The number of hydrogen-bond acceptors (Lipinski definition) is 4. The normalized spacial score (nSPS) is 26.1. The number of rotatable bonds is 3. The molecule has 0 unspecified atom stereocenters. The van der Waals surface area contributed by atoms with Gasteiger partial charge in [-0.25, -0.2) is 0 Å². The molecule has 3 atom stereocenters. The second-order valence-electron chi connectivity index (χ2n) is 10.2. The molecular weight excluding hydrogens is 438 g/mol. The van der Waals surface area contributed by atoms with Crippen molar-refractivity contribution in [3.63, 3.8) is 0 Å². The number of para-hydroxylation sites is 1. The fourth-order valence-electron chi connectivity index (χ4n) is 5.71. The average Bonchev–Trinajstić information content (AvgIpc) is 2.95. The van der Waals surface area contributed by atoms with Gasteiger partial charge in [-0.15, -0.1) is 0 Å². The van der Waals surface area contributed by atoms with Crippen LogP contribution in [0.2, 0.25) is 0 Å². The van der Waals surface area contributed by atoms with Gasteiger partial charge in [0, 0.05) is 23.0 Å². The first-order chi connectivity index (χ1) is 16.7. The maximum absolute atomic E-state index is 13.9. The van der Waals surface area contributed by atoms with Gasteiger partial charge in [0.1, 0.15) is 0 Å². The maximum Gasteiger partial charge on any atom is 0.225 e. The van der Waals surface area contributed by atoms with E-state index in [2.05, 4.69) is 5.32 Å². The standard InChI is InChI=1S/C30H29NO4/c1-19-7-11-21(12-8-19)27(33)24-17-29(15-16-30(24,35)22-13-9-20(2)10-14-22)18-26(32)31-25-6-4-3-5-23(25)28(29)34/h3-14,24,35H,15-18H2,1-2H3,(H,31,32)/t24-,29+,30+/m1/s1. The molecule has 35 heavy (non-hydrogen) atoms. The van der Waals surface area contributed by atoms with Crippen molar-refractivity contribution in [2.45, 2.75) is 45.1 Å². The predicted molar refractivity (Wildman–Crippen MR) is 134 cm³/mol. The second-order valence-corrected chi connectivity index (χ2v) is 10.2. The minimum Gasteiger partial charge on any atom is -0.384 e. The van der Waals surface area contributed by atoms with Crippen molar-refractivity contribution < 1.29 is 19.5 Å². The van der Waals surface area contributed by atoms with E-state index in [0.29, 0.717) is 28.8 Å². The lowest BCUT2D eigenvalue weighted by molar-refractivity contribution is -0.120. The number of nitrogens with one attached hydrogen (secondary N) is 1. The molecule has 2 N–H and O–H groups in total. The highest BCUT2D eigenvalue weighted by Gasteiger charge is 2.56. The Hall–Kier alpha value is -3.57. The Kier molecular flexibility index (Phi) is 5.68. The van der Waals surface area contributed by atoms with Crippen molar-refractivity contribution in [2.75, 3.05) is 5.32 Å². The van der Waals surface area contributed by atoms with Gasteiger partial charge in [0.25, 0.3) is 0 Å². The topological polar surface area (TPSA) is 83.5 Å². The van der Waals surface area contributed by atoms with E-state index in [0.717, 1.165) is 11.1 Å². The van der Waals surface area contributed by atoms with Crippen LogP contribution in [-0.2, 0) is 10.4 Å². The Balaban J connectivity index is 1.61. The van der Waals surface area contributed by atoms with Crippen LogP contribution < -0.4 is 5.32 Å². The first kappa shape index (κ1) is 23.2. The third-order valence-corrected chi connectivity index (χ3v) is 7.79. The maximum atomic E-state index is 13.9. The zero-order valence-corrected chi connectivity index (χ0v) is 20.0. The van der Waals surface area contributed by atoms with Crippen LogP contribution in [0.15, 0.2) is 72.8 Å². The van der Waals surface area contributed by atoms with Gasteiger partial charge in [-0.3, -0.25) is 14.4 Å². The number of carbonyl (C=O) groups is 3. The first-order valence-electron chi connectivity index (χ1n) is 12.1. The van der Waals surface area contributed by atoms with E-state index >= 15 is 0 Å². The highest BCUT2D eigenvalue weighted by molar-refractivity contribution is 6.12. The van der Waals surface area contributed by atoms with Gasteiger partial charge in [0.2, 0.25) is 5.91 Å². The highest BCUT2D eigenvalue weighted by atomic mass is 16.3. The summed E-state index contributed by atoms with van der Waals surface area (Å²) in [6, 6.07) is 21.9. The molecule has 5 nitrogen and oxygen atoms in total. The molecule has 1 heterocycles. The molecule has 1 amide bonds. The first-order valence-corrected chi connectivity index (χ1v) is 12.1. The molecule has 0 bridgehead atoms. The lowest BCUT2D eigenvalue weighted by Gasteiger charge is -2.47. The molecule has 3 aromatic carbocycles. The number of carbonyl (C=O) groups excluding carboxylic acids is 3. The smallest absolute Gasteiger partial charge is 0.225 e. The highest BCUT2D eigenvalue weighted by Crippen LogP contribution is 2.54. The molecule has 5 rings (SSSR count). The number of aryl methyl sites for hydroxylation is 2. The van der Waals surface area contributed by atoms with Crippen molar-refractivity contribution in [3.05, 3.63) is 101 Å². The van der Waals surface area contributed by atoms with Gasteiger partial charge in [0.15, 0.2) is 11.6 Å². The Morgan fingerprint density at radius 2 is 1.51 bits per heavy atom. The van der Waals surface area contributed by atoms with Crippen LogP contribution in [0, 0.1) is 25.2 Å². The molecule has 0 aromatic heterocycles. The number of amides is 1. The zero-order valence-electron chi connectivity index (χ0n) is 20.0. The van der Waals surface area contributed by atoms with Crippen LogP contribution in [0.5, 0.6) is 0 Å². The van der Waals surface area contributed by atoms with Crippen LogP contribution in [0.4, 0.5) is 5.69 Å². The summed E-state index contributed by atoms with van der Waals surface area (Å²) in [6.07, 6.45) is 0.613. The number of anilines is 1. The van der Waals surface area contributed by atoms with Gasteiger partial charge in [-0.1, -0.05) is 71.8 Å². The van der Waals surface area contributed by atoms with Gasteiger partial charge >= 0.3 is 0 Å². The summed E-state index contributed by atoms with van der Waals surface area (Å²) in [6.45, 7) is 3.92. The fourth-order valence-corrected chi connectivity index (χ4v) is 5.71.